The van der Waals surface area contributed by atoms with E-state index in [1.165, 1.54) is 13.2 Å². The molecule has 34 heavy (non-hydrogen) atoms. The largest absolute Gasteiger partial charge is 0.493 e. The van der Waals surface area contributed by atoms with Crippen LogP contribution in [0.4, 0.5) is 0 Å². The summed E-state index contributed by atoms with van der Waals surface area (Å²) in [7, 11) is 1.48. The third-order valence-corrected chi connectivity index (χ3v) is 5.77. The number of aromatic nitrogens is 2. The maximum absolute atomic E-state index is 12.7. The van der Waals surface area contributed by atoms with Gasteiger partial charge in [-0.1, -0.05) is 30.3 Å². The molecule has 0 saturated carbocycles. The van der Waals surface area contributed by atoms with Crippen LogP contribution >= 0.6 is 0 Å². The number of hydrogen-bond donors (Lipinski definition) is 1. The predicted octanol–water partition coefficient (Wildman–Crippen LogP) is 4.96. The van der Waals surface area contributed by atoms with Gasteiger partial charge in [-0.15, -0.1) is 0 Å². The number of nitrogens with zero attached hydrogens (tertiary/aromatic N) is 1. The molecular weight excluding hydrogens is 436 g/mol. The number of ketones is 1. The number of carbonyl (C=O) groups excluding carboxylic acids is 2. The first kappa shape index (κ1) is 23.1. The molecule has 0 spiro atoms. The van der Waals surface area contributed by atoms with Crippen LogP contribution in [0.1, 0.15) is 50.2 Å². The lowest BCUT2D eigenvalue weighted by molar-refractivity contribution is 0.0475. The molecule has 0 aliphatic carbocycles. The van der Waals surface area contributed by atoms with Crippen LogP contribution in [0, 0.1) is 13.8 Å². The van der Waals surface area contributed by atoms with Crippen LogP contribution in [0.2, 0.25) is 0 Å². The van der Waals surface area contributed by atoms with E-state index in [1.807, 2.05) is 32.0 Å². The summed E-state index contributed by atoms with van der Waals surface area (Å²) in [5.74, 6) is 0.608. The Balaban J connectivity index is 1.42. The van der Waals surface area contributed by atoms with E-state index in [9.17, 15) is 9.59 Å². The highest BCUT2D eigenvalue weighted by Crippen LogP contribution is 2.30. The summed E-state index contributed by atoms with van der Waals surface area (Å²) in [5, 5.41) is 4.73. The maximum Gasteiger partial charge on any atom is 0.338 e. The molecule has 0 aliphatic rings. The molecule has 2 heterocycles. The SMILES string of the molecule is CCc1cccc2c(C(=O)COC(=O)c3ccc(OCc4c(C)noc4C)c(OC)c3)c[nH]c12. The molecule has 0 amide bonds. The Morgan fingerprint density at radius 3 is 2.65 bits per heavy atom. The summed E-state index contributed by atoms with van der Waals surface area (Å²) < 4.78 is 21.7. The smallest absolute Gasteiger partial charge is 0.338 e. The maximum atomic E-state index is 12.7. The van der Waals surface area contributed by atoms with Gasteiger partial charge in [-0.2, -0.15) is 0 Å². The molecule has 1 N–H and O–H groups in total. The number of aryl methyl sites for hydroxylation is 3. The van der Waals surface area contributed by atoms with Crippen LogP contribution in [0.15, 0.2) is 47.1 Å². The average Bonchev–Trinajstić information content (AvgIpc) is 3.43. The van der Waals surface area contributed by atoms with Crippen molar-refractivity contribution in [1.82, 2.24) is 10.1 Å². The van der Waals surface area contributed by atoms with Crippen molar-refractivity contribution in [2.75, 3.05) is 13.7 Å². The van der Waals surface area contributed by atoms with Gasteiger partial charge in [0.05, 0.1) is 23.9 Å². The van der Waals surface area contributed by atoms with Crippen LogP contribution in [0.25, 0.3) is 10.9 Å². The number of aromatic amines is 1. The molecule has 0 aliphatic heterocycles. The summed E-state index contributed by atoms with van der Waals surface area (Å²) in [5.41, 5.74) is 4.41. The molecule has 8 nitrogen and oxygen atoms in total. The summed E-state index contributed by atoms with van der Waals surface area (Å²) in [6.45, 7) is 5.59. The van der Waals surface area contributed by atoms with Crippen LogP contribution in [-0.2, 0) is 17.8 Å². The molecule has 0 fully saturated rings. The summed E-state index contributed by atoms with van der Waals surface area (Å²) in [6.07, 6.45) is 2.51. The van der Waals surface area contributed by atoms with E-state index in [0.29, 0.717) is 22.8 Å². The zero-order valence-electron chi connectivity index (χ0n) is 19.6. The Bertz CT molecular complexity index is 1330. The Kier molecular flexibility index (Phi) is 6.67. The summed E-state index contributed by atoms with van der Waals surface area (Å²) in [6, 6.07) is 10.5. The van der Waals surface area contributed by atoms with E-state index in [1.54, 1.807) is 18.3 Å². The zero-order chi connectivity index (χ0) is 24.2. The minimum absolute atomic E-state index is 0.250. The number of benzene rings is 2. The van der Waals surface area contributed by atoms with Crippen molar-refractivity contribution in [3.8, 4) is 11.5 Å². The Morgan fingerprint density at radius 1 is 1.12 bits per heavy atom. The van der Waals surface area contributed by atoms with E-state index in [4.69, 9.17) is 18.7 Å². The second kappa shape index (κ2) is 9.82. The number of fused-ring (bicyclic) bond motifs is 1. The van der Waals surface area contributed by atoms with E-state index in [-0.39, 0.29) is 24.6 Å². The average molecular weight is 463 g/mol. The molecule has 4 aromatic rings. The summed E-state index contributed by atoms with van der Waals surface area (Å²) in [4.78, 5) is 28.5. The second-order valence-electron chi connectivity index (χ2n) is 7.85. The number of nitrogens with one attached hydrogen (secondary N) is 1. The molecule has 0 atom stereocenters. The van der Waals surface area contributed by atoms with Gasteiger partial charge in [0.25, 0.3) is 0 Å². The van der Waals surface area contributed by atoms with Gasteiger partial charge in [-0.25, -0.2) is 4.79 Å². The molecular formula is C26H26N2O6. The topological polar surface area (TPSA) is 104 Å². The van der Waals surface area contributed by atoms with Crippen molar-refractivity contribution in [3.63, 3.8) is 0 Å². The molecule has 0 unspecified atom stereocenters. The van der Waals surface area contributed by atoms with Gasteiger partial charge in [0.15, 0.2) is 18.1 Å². The van der Waals surface area contributed by atoms with Crippen molar-refractivity contribution in [2.45, 2.75) is 33.8 Å². The van der Waals surface area contributed by atoms with Gasteiger partial charge < -0.3 is 23.7 Å². The molecule has 2 aromatic carbocycles. The zero-order valence-corrected chi connectivity index (χ0v) is 19.6. The monoisotopic (exact) mass is 462 g/mol. The van der Waals surface area contributed by atoms with Crippen molar-refractivity contribution >= 4 is 22.7 Å². The van der Waals surface area contributed by atoms with Crippen molar-refractivity contribution < 1.29 is 28.3 Å². The number of H-pyrrole nitrogens is 1. The number of hydrogen-bond acceptors (Lipinski definition) is 7. The van der Waals surface area contributed by atoms with Gasteiger partial charge in [-0.3, -0.25) is 4.79 Å². The standard InChI is InChI=1S/C26H26N2O6/c1-5-17-7-6-8-19-20(12-27-25(17)19)22(29)14-33-26(30)18-9-10-23(24(11-18)31-4)32-13-21-15(2)28-34-16(21)3/h6-12,27H,5,13-14H2,1-4H3. The fourth-order valence-corrected chi connectivity index (χ4v) is 3.81. The number of carbonyl (C=O) groups is 2. The highest BCUT2D eigenvalue weighted by Gasteiger charge is 2.18. The summed E-state index contributed by atoms with van der Waals surface area (Å²) >= 11 is 0. The van der Waals surface area contributed by atoms with E-state index < -0.39 is 5.97 Å². The van der Waals surface area contributed by atoms with Crippen LogP contribution in [-0.4, -0.2) is 35.6 Å². The minimum atomic E-state index is -0.627. The molecule has 0 radical (unpaired) electrons. The first-order chi connectivity index (χ1) is 16.4. The lowest BCUT2D eigenvalue weighted by Crippen LogP contribution is -2.14. The minimum Gasteiger partial charge on any atom is -0.493 e. The van der Waals surface area contributed by atoms with Crippen molar-refractivity contribution in [1.29, 1.82) is 0 Å². The lowest BCUT2D eigenvalue weighted by Gasteiger charge is -2.12. The van der Waals surface area contributed by atoms with Gasteiger partial charge in [-0.05, 0) is 44.0 Å². The fourth-order valence-electron chi connectivity index (χ4n) is 3.81. The number of rotatable bonds is 9. The van der Waals surface area contributed by atoms with Gasteiger partial charge in [0.1, 0.15) is 12.4 Å². The van der Waals surface area contributed by atoms with Crippen LogP contribution < -0.4 is 9.47 Å². The van der Waals surface area contributed by atoms with Crippen LogP contribution in [0.5, 0.6) is 11.5 Å². The third kappa shape index (κ3) is 4.52. The number of Topliss-reactive ketones (excluding diaryl/α,β-unsaturated/α-hetero) is 1. The normalized spacial score (nSPS) is 10.9. The predicted molar refractivity (Wildman–Crippen MR) is 126 cm³/mol. The molecule has 2 aromatic heterocycles. The highest BCUT2D eigenvalue weighted by molar-refractivity contribution is 6.09. The Hall–Kier alpha value is -4.07. The first-order valence-electron chi connectivity index (χ1n) is 10.9. The Labute approximate surface area is 196 Å². The number of ether oxygens (including phenoxy) is 3. The quantitative estimate of drug-likeness (QED) is 0.277. The third-order valence-electron chi connectivity index (χ3n) is 5.77. The highest BCUT2D eigenvalue weighted by atomic mass is 16.5. The molecule has 0 bridgehead atoms. The van der Waals surface area contributed by atoms with Gasteiger partial charge in [0.2, 0.25) is 5.78 Å². The van der Waals surface area contributed by atoms with E-state index in [2.05, 4.69) is 17.1 Å². The van der Waals surface area contributed by atoms with Crippen LogP contribution in [0.3, 0.4) is 0 Å². The number of esters is 1. The first-order valence-corrected chi connectivity index (χ1v) is 10.9. The lowest BCUT2D eigenvalue weighted by atomic mass is 10.1. The van der Waals surface area contributed by atoms with Gasteiger partial charge in [0, 0.05) is 22.7 Å². The molecule has 0 saturated heterocycles. The molecule has 4 rings (SSSR count). The number of methoxy groups -OCH3 is 1. The fraction of sp³-hybridized carbons (Fsp3) is 0.269. The van der Waals surface area contributed by atoms with Crippen molar-refractivity contribution in [2.24, 2.45) is 0 Å². The van der Waals surface area contributed by atoms with E-state index >= 15 is 0 Å². The molecule has 8 heteroatoms. The number of para-hydroxylation sites is 1. The van der Waals surface area contributed by atoms with Gasteiger partial charge >= 0.3 is 5.97 Å². The Morgan fingerprint density at radius 2 is 1.94 bits per heavy atom. The molecule has 176 valence electrons. The second-order valence-corrected chi connectivity index (χ2v) is 7.85. The van der Waals surface area contributed by atoms with Crippen molar-refractivity contribution in [3.05, 3.63) is 76.3 Å². The van der Waals surface area contributed by atoms with E-state index in [0.717, 1.165) is 34.1 Å².